The van der Waals surface area contributed by atoms with Gasteiger partial charge in [0.15, 0.2) is 0 Å². The van der Waals surface area contributed by atoms with Gasteiger partial charge in [0.1, 0.15) is 6.54 Å². The van der Waals surface area contributed by atoms with Crippen LogP contribution in [0.2, 0.25) is 0 Å². The molecule has 8 nitrogen and oxygen atoms in total. The normalized spacial score (nSPS) is 11.2. The lowest BCUT2D eigenvalue weighted by Gasteiger charge is -2.08. The monoisotopic (exact) mass is 302 g/mol. The van der Waals surface area contributed by atoms with Gasteiger partial charge >= 0.3 is 5.97 Å². The van der Waals surface area contributed by atoms with E-state index in [2.05, 4.69) is 4.74 Å². The second-order valence-corrected chi connectivity index (χ2v) is 5.81. The maximum atomic E-state index is 11.9. The molecule has 0 aliphatic heterocycles. The highest BCUT2D eigenvalue weighted by Gasteiger charge is 2.22. The fraction of sp³-hybridized carbons (Fsp3) is 0.364. The van der Waals surface area contributed by atoms with Crippen molar-refractivity contribution in [2.45, 2.75) is 18.7 Å². The molecule has 0 amide bonds. The highest BCUT2D eigenvalue weighted by molar-refractivity contribution is 7.89. The highest BCUT2D eigenvalue weighted by Crippen LogP contribution is 2.25. The zero-order valence-electron chi connectivity index (χ0n) is 11.2. The Morgan fingerprint density at radius 1 is 1.40 bits per heavy atom. The number of benzene rings is 1. The molecule has 110 valence electrons. The zero-order valence-corrected chi connectivity index (χ0v) is 12.0. The summed E-state index contributed by atoms with van der Waals surface area (Å²) in [5.41, 5.74) is 0.572. The molecule has 0 aromatic heterocycles. The Bertz CT molecular complexity index is 653. The minimum absolute atomic E-state index is 0.267. The van der Waals surface area contributed by atoms with Crippen LogP contribution in [0.15, 0.2) is 17.0 Å². The molecule has 0 unspecified atom stereocenters. The number of carbonyl (C=O) groups excluding carboxylic acids is 1. The quantitative estimate of drug-likeness (QED) is 0.485. The molecule has 9 heteroatoms. The van der Waals surface area contributed by atoms with E-state index in [1.165, 1.54) is 13.0 Å². The Labute approximate surface area is 115 Å². The second-order valence-electron chi connectivity index (χ2n) is 4.04. The largest absolute Gasteiger partial charge is 0.468 e. The Hall–Kier alpha value is -2.00. The van der Waals surface area contributed by atoms with E-state index in [9.17, 15) is 23.3 Å². The van der Waals surface area contributed by atoms with Crippen LogP contribution in [-0.4, -0.2) is 33.0 Å². The van der Waals surface area contributed by atoms with Gasteiger partial charge in [-0.2, -0.15) is 4.72 Å². The van der Waals surface area contributed by atoms with Crippen molar-refractivity contribution in [3.05, 3.63) is 33.4 Å². The maximum Gasteiger partial charge on any atom is 0.320 e. The molecule has 1 aromatic rings. The van der Waals surface area contributed by atoms with Crippen LogP contribution in [0.4, 0.5) is 5.69 Å². The van der Waals surface area contributed by atoms with Gasteiger partial charge in [0.05, 0.1) is 16.9 Å². The number of esters is 1. The Morgan fingerprint density at radius 2 is 2.00 bits per heavy atom. The van der Waals surface area contributed by atoms with Crippen LogP contribution in [0.1, 0.15) is 11.1 Å². The first-order valence-electron chi connectivity index (χ1n) is 5.51. The van der Waals surface area contributed by atoms with Crippen LogP contribution in [0.5, 0.6) is 0 Å². The topological polar surface area (TPSA) is 116 Å². The third-order valence-corrected chi connectivity index (χ3v) is 4.14. The summed E-state index contributed by atoms with van der Waals surface area (Å²) in [7, 11) is -2.89. The van der Waals surface area contributed by atoms with Crippen molar-refractivity contribution in [1.82, 2.24) is 4.72 Å². The molecule has 0 aliphatic carbocycles. The van der Waals surface area contributed by atoms with Crippen molar-refractivity contribution in [3.63, 3.8) is 0 Å². The van der Waals surface area contributed by atoms with Gasteiger partial charge in [-0.1, -0.05) is 0 Å². The number of hydrogen-bond acceptors (Lipinski definition) is 6. The number of rotatable bonds is 5. The van der Waals surface area contributed by atoms with Gasteiger partial charge in [-0.15, -0.1) is 0 Å². The van der Waals surface area contributed by atoms with Gasteiger partial charge in [-0.3, -0.25) is 14.9 Å². The van der Waals surface area contributed by atoms with Crippen molar-refractivity contribution in [2.75, 3.05) is 13.7 Å². The SMILES string of the molecule is COC(=O)CNS(=O)(=O)c1cc(C)c(C)c([N+](=O)[O-])c1. The summed E-state index contributed by atoms with van der Waals surface area (Å²) in [5.74, 6) is -0.757. The van der Waals surface area contributed by atoms with Crippen LogP contribution in [-0.2, 0) is 19.6 Å². The van der Waals surface area contributed by atoms with Crippen LogP contribution < -0.4 is 4.72 Å². The van der Waals surface area contributed by atoms with Gasteiger partial charge in [0.25, 0.3) is 5.69 Å². The molecule has 0 bridgehead atoms. The van der Waals surface area contributed by atoms with Crippen LogP contribution in [0.3, 0.4) is 0 Å². The first-order chi connectivity index (χ1) is 9.19. The second kappa shape index (κ2) is 5.97. The summed E-state index contributed by atoms with van der Waals surface area (Å²) in [5, 5.41) is 10.9. The lowest BCUT2D eigenvalue weighted by atomic mass is 10.1. The number of carbonyl (C=O) groups is 1. The molecule has 0 heterocycles. The lowest BCUT2D eigenvalue weighted by molar-refractivity contribution is -0.385. The third-order valence-electron chi connectivity index (χ3n) is 2.75. The molecule has 0 spiro atoms. The third kappa shape index (κ3) is 3.52. The lowest BCUT2D eigenvalue weighted by Crippen LogP contribution is -2.30. The van der Waals surface area contributed by atoms with E-state index in [0.29, 0.717) is 11.1 Å². The highest BCUT2D eigenvalue weighted by atomic mass is 32.2. The molecule has 1 N–H and O–H groups in total. The number of nitrogens with zero attached hydrogens (tertiary/aromatic N) is 1. The standard InChI is InChI=1S/C11H14N2O6S/c1-7-4-9(5-10(8(7)2)13(15)16)20(17,18)12-6-11(14)19-3/h4-5,12H,6H2,1-3H3. The van der Waals surface area contributed by atoms with Gasteiger partial charge < -0.3 is 4.74 Å². The van der Waals surface area contributed by atoms with E-state index >= 15 is 0 Å². The van der Waals surface area contributed by atoms with E-state index in [1.807, 2.05) is 4.72 Å². The average Bonchev–Trinajstić information content (AvgIpc) is 2.38. The summed E-state index contributed by atoms with van der Waals surface area (Å²) in [6.07, 6.45) is 0. The molecule has 0 fully saturated rings. The molecular formula is C11H14N2O6S. The molecule has 0 atom stereocenters. The van der Waals surface area contributed by atoms with Gasteiger partial charge in [-0.05, 0) is 25.5 Å². The summed E-state index contributed by atoms with van der Waals surface area (Å²) in [6.45, 7) is 2.56. The molecule has 0 saturated heterocycles. The number of methoxy groups -OCH3 is 1. The summed E-state index contributed by atoms with van der Waals surface area (Å²) >= 11 is 0. The number of nitro benzene ring substituents is 1. The molecule has 20 heavy (non-hydrogen) atoms. The van der Waals surface area contributed by atoms with Gasteiger partial charge in [0.2, 0.25) is 10.0 Å². The molecule has 0 aliphatic rings. The predicted octanol–water partition coefficient (Wildman–Crippen LogP) is 0.663. The van der Waals surface area contributed by atoms with E-state index in [4.69, 9.17) is 0 Å². The number of sulfonamides is 1. The number of ether oxygens (including phenoxy) is 1. The minimum atomic E-state index is -4.02. The smallest absolute Gasteiger partial charge is 0.320 e. The van der Waals surface area contributed by atoms with Crippen molar-refractivity contribution in [1.29, 1.82) is 0 Å². The minimum Gasteiger partial charge on any atom is -0.468 e. The first kappa shape index (κ1) is 16.1. The molecular weight excluding hydrogens is 288 g/mol. The summed E-state index contributed by atoms with van der Waals surface area (Å²) < 4.78 is 30.2. The van der Waals surface area contributed by atoms with E-state index in [-0.39, 0.29) is 10.6 Å². The predicted molar refractivity (Wildman–Crippen MR) is 69.8 cm³/mol. The van der Waals surface area contributed by atoms with E-state index in [0.717, 1.165) is 13.2 Å². The van der Waals surface area contributed by atoms with Crippen molar-refractivity contribution in [3.8, 4) is 0 Å². The van der Waals surface area contributed by atoms with Crippen LogP contribution >= 0.6 is 0 Å². The molecule has 1 aromatic carbocycles. The molecule has 1 rings (SSSR count). The molecule has 0 radical (unpaired) electrons. The Kier molecular flexibility index (Phi) is 4.79. The van der Waals surface area contributed by atoms with Crippen molar-refractivity contribution >= 4 is 21.7 Å². The number of nitrogens with one attached hydrogen (secondary N) is 1. The van der Waals surface area contributed by atoms with E-state index in [1.54, 1.807) is 6.92 Å². The van der Waals surface area contributed by atoms with Crippen molar-refractivity contribution < 1.29 is 22.9 Å². The fourth-order valence-corrected chi connectivity index (χ4v) is 2.54. The number of nitro groups is 1. The average molecular weight is 302 g/mol. The zero-order chi connectivity index (χ0) is 15.5. The van der Waals surface area contributed by atoms with Gasteiger partial charge in [0, 0.05) is 11.6 Å². The summed E-state index contributed by atoms with van der Waals surface area (Å²) in [6, 6.07) is 2.27. The Balaban J connectivity index is 3.19. The van der Waals surface area contributed by atoms with Crippen LogP contribution in [0.25, 0.3) is 0 Å². The van der Waals surface area contributed by atoms with E-state index < -0.39 is 27.5 Å². The van der Waals surface area contributed by atoms with Crippen LogP contribution in [0, 0.1) is 24.0 Å². The van der Waals surface area contributed by atoms with Crippen molar-refractivity contribution in [2.24, 2.45) is 0 Å². The summed E-state index contributed by atoms with van der Waals surface area (Å²) in [4.78, 5) is 20.9. The molecule has 0 saturated carbocycles. The Morgan fingerprint density at radius 3 is 2.50 bits per heavy atom. The number of hydrogen-bond donors (Lipinski definition) is 1. The van der Waals surface area contributed by atoms with Gasteiger partial charge in [-0.25, -0.2) is 8.42 Å². The maximum absolute atomic E-state index is 11.9. The fourth-order valence-electron chi connectivity index (χ4n) is 1.46. The first-order valence-corrected chi connectivity index (χ1v) is 6.99. The number of aryl methyl sites for hydroxylation is 1.